The lowest BCUT2D eigenvalue weighted by molar-refractivity contribution is -0.121. The summed E-state index contributed by atoms with van der Waals surface area (Å²) in [6.07, 6.45) is 0.697. The van der Waals surface area contributed by atoms with E-state index in [9.17, 15) is 14.3 Å². The third kappa shape index (κ3) is 4.45. The number of ether oxygens (including phenoxy) is 1. The van der Waals surface area contributed by atoms with Crippen molar-refractivity contribution in [2.45, 2.75) is 25.8 Å². The highest BCUT2D eigenvalue weighted by molar-refractivity contribution is 5.76. The van der Waals surface area contributed by atoms with Gasteiger partial charge in [-0.15, -0.1) is 0 Å². The maximum Gasteiger partial charge on any atom is 0.220 e. The van der Waals surface area contributed by atoms with Gasteiger partial charge >= 0.3 is 0 Å². The first-order valence-corrected chi connectivity index (χ1v) is 7.41. The fourth-order valence-corrected chi connectivity index (χ4v) is 2.32. The summed E-state index contributed by atoms with van der Waals surface area (Å²) in [6.45, 7) is 1.79. The lowest BCUT2D eigenvalue weighted by atomic mass is 10.1. The zero-order valence-electron chi connectivity index (χ0n) is 13.2. The molecule has 4 nitrogen and oxygen atoms in total. The Morgan fingerprint density at radius 1 is 1.30 bits per heavy atom. The minimum absolute atomic E-state index is 0.156. The Hall–Kier alpha value is -2.56. The van der Waals surface area contributed by atoms with Crippen LogP contribution >= 0.6 is 0 Å². The fourth-order valence-electron chi connectivity index (χ4n) is 2.32. The number of hydrogen-bond acceptors (Lipinski definition) is 3. The van der Waals surface area contributed by atoms with Crippen LogP contribution in [-0.4, -0.2) is 18.1 Å². The first-order valence-electron chi connectivity index (χ1n) is 7.41. The van der Waals surface area contributed by atoms with E-state index in [0.717, 1.165) is 5.56 Å². The molecule has 0 spiro atoms. The van der Waals surface area contributed by atoms with E-state index < -0.39 is 5.82 Å². The molecule has 2 aromatic carbocycles. The van der Waals surface area contributed by atoms with E-state index in [1.54, 1.807) is 31.2 Å². The van der Waals surface area contributed by atoms with Gasteiger partial charge in [-0.3, -0.25) is 4.79 Å². The van der Waals surface area contributed by atoms with Crippen molar-refractivity contribution in [1.82, 2.24) is 5.32 Å². The van der Waals surface area contributed by atoms with Crippen molar-refractivity contribution in [1.29, 1.82) is 0 Å². The number of methoxy groups -OCH3 is 1. The second-order valence-corrected chi connectivity index (χ2v) is 5.31. The molecule has 2 N–H and O–H groups in total. The zero-order valence-corrected chi connectivity index (χ0v) is 13.2. The van der Waals surface area contributed by atoms with Crippen LogP contribution in [0.5, 0.6) is 11.5 Å². The van der Waals surface area contributed by atoms with Crippen LogP contribution in [-0.2, 0) is 11.2 Å². The molecule has 1 atom stereocenters. The summed E-state index contributed by atoms with van der Waals surface area (Å²) in [4.78, 5) is 12.0. The largest absolute Gasteiger partial charge is 0.508 e. The fraction of sp³-hybridized carbons (Fsp3) is 0.278. The standard InChI is InChI=1S/C18H20FNO3/c1-12(14-7-9-17(23-2)15(19)11-14)20-18(22)10-8-13-5-3-4-6-16(13)21/h3-7,9,11-12,21H,8,10H2,1-2H3,(H,20,22). The van der Waals surface area contributed by atoms with E-state index in [1.807, 2.05) is 6.07 Å². The van der Waals surface area contributed by atoms with Crippen molar-refractivity contribution in [3.63, 3.8) is 0 Å². The molecule has 0 aliphatic heterocycles. The molecule has 0 aliphatic rings. The van der Waals surface area contributed by atoms with E-state index >= 15 is 0 Å². The Morgan fingerprint density at radius 2 is 2.04 bits per heavy atom. The third-order valence-corrected chi connectivity index (χ3v) is 3.67. The number of para-hydroxylation sites is 1. The van der Waals surface area contributed by atoms with Gasteiger partial charge in [0.1, 0.15) is 5.75 Å². The summed E-state index contributed by atoms with van der Waals surface area (Å²) in [5, 5.41) is 12.5. The van der Waals surface area contributed by atoms with Crippen LogP contribution in [0.25, 0.3) is 0 Å². The SMILES string of the molecule is COc1ccc(C(C)NC(=O)CCc2ccccc2O)cc1F. The Bertz CT molecular complexity index is 688. The lowest BCUT2D eigenvalue weighted by Crippen LogP contribution is -2.26. The Kier molecular flexibility index (Phi) is 5.57. The normalized spacial score (nSPS) is 11.8. The number of aromatic hydroxyl groups is 1. The summed E-state index contributed by atoms with van der Waals surface area (Å²) in [5.41, 5.74) is 1.39. The van der Waals surface area contributed by atoms with Gasteiger partial charge in [-0.05, 0) is 42.7 Å². The maximum absolute atomic E-state index is 13.7. The lowest BCUT2D eigenvalue weighted by Gasteiger charge is -2.15. The number of nitrogens with one attached hydrogen (secondary N) is 1. The maximum atomic E-state index is 13.7. The average Bonchev–Trinajstić information content (AvgIpc) is 2.54. The minimum Gasteiger partial charge on any atom is -0.508 e. The van der Waals surface area contributed by atoms with Crippen molar-refractivity contribution in [2.24, 2.45) is 0 Å². The van der Waals surface area contributed by atoms with Crippen LogP contribution in [0.15, 0.2) is 42.5 Å². The van der Waals surface area contributed by atoms with Crippen LogP contribution in [0.4, 0.5) is 4.39 Å². The highest BCUT2D eigenvalue weighted by atomic mass is 19.1. The van der Waals surface area contributed by atoms with Crippen LogP contribution in [0.3, 0.4) is 0 Å². The topological polar surface area (TPSA) is 58.6 Å². The number of carbonyl (C=O) groups is 1. The molecule has 0 radical (unpaired) electrons. The molecule has 0 bridgehead atoms. The van der Waals surface area contributed by atoms with Crippen LogP contribution in [0.2, 0.25) is 0 Å². The second kappa shape index (κ2) is 7.63. The number of carbonyl (C=O) groups excluding carboxylic acids is 1. The van der Waals surface area contributed by atoms with Gasteiger partial charge in [-0.2, -0.15) is 0 Å². The molecule has 1 unspecified atom stereocenters. The molecule has 0 heterocycles. The smallest absolute Gasteiger partial charge is 0.220 e. The van der Waals surface area contributed by atoms with E-state index in [1.165, 1.54) is 19.2 Å². The van der Waals surface area contributed by atoms with Crippen molar-refractivity contribution in [2.75, 3.05) is 7.11 Å². The summed E-state index contributed by atoms with van der Waals surface area (Å²) >= 11 is 0. The number of halogens is 1. The monoisotopic (exact) mass is 317 g/mol. The predicted octanol–water partition coefficient (Wildman–Crippen LogP) is 3.35. The van der Waals surface area contributed by atoms with E-state index in [4.69, 9.17) is 4.74 Å². The molecule has 2 aromatic rings. The second-order valence-electron chi connectivity index (χ2n) is 5.31. The number of benzene rings is 2. The first-order chi connectivity index (χ1) is 11.0. The number of phenolic OH excluding ortho intramolecular Hbond substituents is 1. The Labute approximate surface area is 134 Å². The molecule has 23 heavy (non-hydrogen) atoms. The van der Waals surface area contributed by atoms with Gasteiger partial charge < -0.3 is 15.2 Å². The van der Waals surface area contributed by atoms with Crippen molar-refractivity contribution in [3.05, 3.63) is 59.4 Å². The predicted molar refractivity (Wildman–Crippen MR) is 85.9 cm³/mol. The molecule has 0 saturated heterocycles. The van der Waals surface area contributed by atoms with Gasteiger partial charge in [0, 0.05) is 6.42 Å². The first kappa shape index (κ1) is 16.8. The van der Waals surface area contributed by atoms with E-state index in [0.29, 0.717) is 12.0 Å². The number of rotatable bonds is 6. The Balaban J connectivity index is 1.92. The molecule has 0 fully saturated rings. The summed E-state index contributed by atoms with van der Waals surface area (Å²) in [5.74, 6) is -0.255. The quantitative estimate of drug-likeness (QED) is 0.859. The molecule has 5 heteroatoms. The van der Waals surface area contributed by atoms with Crippen molar-refractivity contribution >= 4 is 5.91 Å². The van der Waals surface area contributed by atoms with Crippen LogP contribution < -0.4 is 10.1 Å². The summed E-state index contributed by atoms with van der Waals surface area (Å²) in [6, 6.07) is 11.2. The van der Waals surface area contributed by atoms with Crippen LogP contribution in [0.1, 0.15) is 30.5 Å². The van der Waals surface area contributed by atoms with Gasteiger partial charge in [-0.25, -0.2) is 4.39 Å². The molecule has 0 aliphatic carbocycles. The number of aryl methyl sites for hydroxylation is 1. The number of amides is 1. The van der Waals surface area contributed by atoms with Gasteiger partial charge in [0.25, 0.3) is 0 Å². The molecule has 2 rings (SSSR count). The third-order valence-electron chi connectivity index (χ3n) is 3.67. The molecule has 0 saturated carbocycles. The minimum atomic E-state index is -0.458. The van der Waals surface area contributed by atoms with E-state index in [2.05, 4.69) is 5.32 Å². The molecule has 1 amide bonds. The van der Waals surface area contributed by atoms with Crippen LogP contribution in [0, 0.1) is 5.82 Å². The van der Waals surface area contributed by atoms with Gasteiger partial charge in [0.2, 0.25) is 5.91 Å². The van der Waals surface area contributed by atoms with Gasteiger partial charge in [0.15, 0.2) is 11.6 Å². The number of hydrogen-bond donors (Lipinski definition) is 2. The zero-order chi connectivity index (χ0) is 16.8. The molecular weight excluding hydrogens is 297 g/mol. The highest BCUT2D eigenvalue weighted by Gasteiger charge is 2.13. The molecule has 0 aromatic heterocycles. The Morgan fingerprint density at radius 3 is 2.70 bits per heavy atom. The average molecular weight is 317 g/mol. The summed E-state index contributed by atoms with van der Waals surface area (Å²) < 4.78 is 18.6. The summed E-state index contributed by atoms with van der Waals surface area (Å²) in [7, 11) is 1.41. The molecular formula is C18H20FNO3. The van der Waals surface area contributed by atoms with Gasteiger partial charge in [0.05, 0.1) is 13.2 Å². The van der Waals surface area contributed by atoms with E-state index in [-0.39, 0.29) is 29.9 Å². The van der Waals surface area contributed by atoms with Gasteiger partial charge in [-0.1, -0.05) is 24.3 Å². The van der Waals surface area contributed by atoms with Crippen molar-refractivity contribution in [3.8, 4) is 11.5 Å². The highest BCUT2D eigenvalue weighted by Crippen LogP contribution is 2.22. The van der Waals surface area contributed by atoms with Crippen molar-refractivity contribution < 1.29 is 19.0 Å². The molecule has 122 valence electrons. The number of phenols is 1.